The second kappa shape index (κ2) is 10.9. The number of amides is 2. The monoisotopic (exact) mass is 535 g/mol. The van der Waals surface area contributed by atoms with Gasteiger partial charge in [-0.05, 0) is 73.6 Å². The summed E-state index contributed by atoms with van der Waals surface area (Å²) in [7, 11) is 0. The minimum atomic E-state index is -4.55. The van der Waals surface area contributed by atoms with Gasteiger partial charge in [-0.1, -0.05) is 24.3 Å². The number of carbonyl (C=O) groups is 2. The van der Waals surface area contributed by atoms with Crippen LogP contribution in [0.3, 0.4) is 0 Å². The fraction of sp³-hybridized carbons (Fsp3) is 0.310. The van der Waals surface area contributed by atoms with E-state index in [1.165, 1.54) is 12.1 Å². The molecular weight excluding hydrogens is 507 g/mol. The molecule has 0 bridgehead atoms. The molecule has 1 aliphatic rings. The third-order valence-electron chi connectivity index (χ3n) is 7.03. The Labute approximate surface area is 223 Å². The molecule has 1 aromatic carbocycles. The number of piperidine rings is 1. The predicted octanol–water partition coefficient (Wildman–Crippen LogP) is 5.65. The summed E-state index contributed by atoms with van der Waals surface area (Å²) >= 11 is 0. The molecule has 0 unspecified atom stereocenters. The van der Waals surface area contributed by atoms with E-state index in [-0.39, 0.29) is 29.1 Å². The first-order valence-electron chi connectivity index (χ1n) is 12.8. The van der Waals surface area contributed by atoms with E-state index in [4.69, 9.17) is 0 Å². The van der Waals surface area contributed by atoms with Crippen LogP contribution < -0.4 is 5.32 Å². The number of nitrogens with zero attached hydrogens (tertiary/aromatic N) is 4. The fourth-order valence-electron chi connectivity index (χ4n) is 4.87. The molecule has 0 radical (unpaired) electrons. The average Bonchev–Trinajstić information content (AvgIpc) is 3.37. The molecule has 39 heavy (non-hydrogen) atoms. The average molecular weight is 536 g/mol. The molecule has 4 heterocycles. The topological polar surface area (TPSA) is 79.6 Å². The number of halogens is 3. The van der Waals surface area contributed by atoms with Crippen LogP contribution >= 0.6 is 0 Å². The van der Waals surface area contributed by atoms with Gasteiger partial charge in [0.05, 0.1) is 0 Å². The highest BCUT2D eigenvalue weighted by molar-refractivity contribution is 5.93. The van der Waals surface area contributed by atoms with E-state index in [0.717, 1.165) is 52.0 Å². The lowest BCUT2D eigenvalue weighted by molar-refractivity contribution is -0.142. The van der Waals surface area contributed by atoms with Crippen LogP contribution in [0.2, 0.25) is 0 Å². The predicted molar refractivity (Wildman–Crippen MR) is 140 cm³/mol. The number of fused-ring (bicyclic) bond motifs is 1. The van der Waals surface area contributed by atoms with Gasteiger partial charge in [-0.2, -0.15) is 13.2 Å². The van der Waals surface area contributed by atoms with Crippen molar-refractivity contribution in [2.45, 2.75) is 44.7 Å². The lowest BCUT2D eigenvalue weighted by atomic mass is 9.89. The molecule has 7 nitrogen and oxygen atoms in total. The summed E-state index contributed by atoms with van der Waals surface area (Å²) in [4.78, 5) is 35.5. The number of hydrogen-bond acceptors (Lipinski definition) is 4. The number of carbonyl (C=O) groups excluding carboxylic acids is 2. The van der Waals surface area contributed by atoms with Crippen LogP contribution in [0.4, 0.5) is 18.9 Å². The summed E-state index contributed by atoms with van der Waals surface area (Å²) < 4.78 is 40.9. The third kappa shape index (κ3) is 6.10. The quantitative estimate of drug-likeness (QED) is 0.346. The van der Waals surface area contributed by atoms with Crippen LogP contribution in [0.1, 0.15) is 58.2 Å². The van der Waals surface area contributed by atoms with Gasteiger partial charge in [0.15, 0.2) is 0 Å². The van der Waals surface area contributed by atoms with Crippen molar-refractivity contribution in [1.29, 1.82) is 0 Å². The van der Waals surface area contributed by atoms with Crippen molar-refractivity contribution in [2.75, 3.05) is 18.4 Å². The number of nitrogens with one attached hydrogen (secondary N) is 1. The summed E-state index contributed by atoms with van der Waals surface area (Å²) in [6.07, 6.45) is 0.768. The SMILES string of the molecule is Cc1ccc(CCC(=O)Nc2ccc(C3CCN(C(=O)c4cn5c(C(F)(F)F)cccc5n4)CC3)cc2)nc1. The first-order valence-corrected chi connectivity index (χ1v) is 12.8. The summed E-state index contributed by atoms with van der Waals surface area (Å²) in [6, 6.07) is 15.3. The Balaban J connectivity index is 1.14. The van der Waals surface area contributed by atoms with Gasteiger partial charge in [-0.3, -0.25) is 19.0 Å². The minimum Gasteiger partial charge on any atom is -0.337 e. The van der Waals surface area contributed by atoms with Gasteiger partial charge in [0.2, 0.25) is 5.91 Å². The second-order valence-electron chi connectivity index (χ2n) is 9.83. The number of pyridine rings is 2. The Morgan fingerprint density at radius 2 is 1.77 bits per heavy atom. The van der Waals surface area contributed by atoms with E-state index < -0.39 is 11.9 Å². The molecule has 1 N–H and O–H groups in total. The van der Waals surface area contributed by atoms with Crippen molar-refractivity contribution in [2.24, 2.45) is 0 Å². The van der Waals surface area contributed by atoms with Crippen LogP contribution in [0.5, 0.6) is 0 Å². The molecule has 10 heteroatoms. The number of benzene rings is 1. The fourth-order valence-corrected chi connectivity index (χ4v) is 4.87. The minimum absolute atomic E-state index is 0.00315. The lowest BCUT2D eigenvalue weighted by Gasteiger charge is -2.32. The molecule has 1 fully saturated rings. The highest BCUT2D eigenvalue weighted by Crippen LogP contribution is 2.31. The van der Waals surface area contributed by atoms with Crippen molar-refractivity contribution in [3.8, 4) is 0 Å². The van der Waals surface area contributed by atoms with Gasteiger partial charge in [-0.25, -0.2) is 4.98 Å². The maximum Gasteiger partial charge on any atom is 0.431 e. The van der Waals surface area contributed by atoms with Gasteiger partial charge in [-0.15, -0.1) is 0 Å². The van der Waals surface area contributed by atoms with Gasteiger partial charge in [0, 0.05) is 43.3 Å². The molecule has 202 valence electrons. The zero-order valence-electron chi connectivity index (χ0n) is 21.4. The summed E-state index contributed by atoms with van der Waals surface area (Å²) in [5, 5.41) is 2.92. The molecule has 1 aliphatic heterocycles. The van der Waals surface area contributed by atoms with Crippen molar-refractivity contribution >= 4 is 23.1 Å². The standard InChI is InChI=1S/C29H28F3N5O2/c1-19-5-8-22(33-17-19)11-12-27(38)34-23-9-6-20(7-10-23)21-13-15-36(16-14-21)28(39)24-18-37-25(29(30,31)32)3-2-4-26(37)35-24/h2-10,17-18,21H,11-16H2,1H3,(H,34,38). The van der Waals surface area contributed by atoms with E-state index in [0.29, 0.717) is 25.9 Å². The molecule has 0 atom stereocenters. The Kier molecular flexibility index (Phi) is 7.36. The van der Waals surface area contributed by atoms with Crippen LogP contribution in [-0.4, -0.2) is 44.2 Å². The highest BCUT2D eigenvalue weighted by atomic mass is 19.4. The molecule has 0 saturated carbocycles. The normalized spacial score (nSPS) is 14.5. The number of likely N-dealkylation sites (tertiary alicyclic amines) is 1. The zero-order chi connectivity index (χ0) is 27.6. The van der Waals surface area contributed by atoms with Crippen molar-refractivity contribution in [3.05, 3.63) is 95.2 Å². The van der Waals surface area contributed by atoms with Crippen LogP contribution in [0, 0.1) is 6.92 Å². The second-order valence-corrected chi connectivity index (χ2v) is 9.83. The van der Waals surface area contributed by atoms with Crippen molar-refractivity contribution < 1.29 is 22.8 Å². The number of rotatable bonds is 6. The highest BCUT2D eigenvalue weighted by Gasteiger charge is 2.34. The first kappa shape index (κ1) is 26.4. The Hall–Kier alpha value is -4.21. The molecule has 3 aromatic heterocycles. The van der Waals surface area contributed by atoms with Gasteiger partial charge in [0.25, 0.3) is 5.91 Å². The smallest absolute Gasteiger partial charge is 0.337 e. The molecule has 5 rings (SSSR count). The molecule has 0 spiro atoms. The number of aryl methyl sites for hydroxylation is 2. The summed E-state index contributed by atoms with van der Waals surface area (Å²) in [5.41, 5.74) is 3.02. The molecular formula is C29H28F3N5O2. The number of imidazole rings is 1. The van der Waals surface area contributed by atoms with Crippen LogP contribution in [0.25, 0.3) is 5.65 Å². The Bertz CT molecular complexity index is 1470. The van der Waals surface area contributed by atoms with Crippen LogP contribution in [0.15, 0.2) is 67.0 Å². The van der Waals surface area contributed by atoms with Gasteiger partial charge in [0.1, 0.15) is 17.0 Å². The van der Waals surface area contributed by atoms with Gasteiger partial charge >= 0.3 is 6.18 Å². The summed E-state index contributed by atoms with van der Waals surface area (Å²) in [5.74, 6) is -0.209. The Morgan fingerprint density at radius 3 is 2.44 bits per heavy atom. The van der Waals surface area contributed by atoms with Gasteiger partial charge < -0.3 is 10.2 Å². The first-order chi connectivity index (χ1) is 18.7. The lowest BCUT2D eigenvalue weighted by Crippen LogP contribution is -2.38. The number of alkyl halides is 3. The molecule has 0 aliphatic carbocycles. The van der Waals surface area contributed by atoms with Crippen molar-refractivity contribution in [1.82, 2.24) is 19.3 Å². The maximum atomic E-state index is 13.3. The van der Waals surface area contributed by atoms with E-state index in [2.05, 4.69) is 15.3 Å². The number of anilines is 1. The molecule has 4 aromatic rings. The molecule has 2 amide bonds. The van der Waals surface area contributed by atoms with E-state index in [9.17, 15) is 22.8 Å². The largest absolute Gasteiger partial charge is 0.431 e. The van der Waals surface area contributed by atoms with Crippen LogP contribution in [-0.2, 0) is 17.4 Å². The number of hydrogen-bond donors (Lipinski definition) is 1. The van der Waals surface area contributed by atoms with E-state index in [1.54, 1.807) is 11.1 Å². The number of aromatic nitrogens is 3. The zero-order valence-corrected chi connectivity index (χ0v) is 21.4. The van der Waals surface area contributed by atoms with E-state index >= 15 is 0 Å². The Morgan fingerprint density at radius 1 is 1.03 bits per heavy atom. The van der Waals surface area contributed by atoms with E-state index in [1.807, 2.05) is 43.3 Å². The summed E-state index contributed by atoms with van der Waals surface area (Å²) in [6.45, 7) is 2.93. The maximum absolute atomic E-state index is 13.3. The molecule has 1 saturated heterocycles. The van der Waals surface area contributed by atoms with Crippen molar-refractivity contribution in [3.63, 3.8) is 0 Å². The third-order valence-corrected chi connectivity index (χ3v) is 7.03.